The molecule has 0 saturated heterocycles. The van der Waals surface area contributed by atoms with Gasteiger partial charge in [-0.1, -0.05) is 0 Å². The molecule has 7 nitrogen and oxygen atoms in total. The number of nitrogens with zero attached hydrogens (tertiary/aromatic N) is 3. The van der Waals surface area contributed by atoms with Crippen molar-refractivity contribution in [2.45, 2.75) is 37.8 Å². The van der Waals surface area contributed by atoms with Crippen molar-refractivity contribution in [2.75, 3.05) is 6.61 Å². The molecule has 0 fully saturated rings. The van der Waals surface area contributed by atoms with Crippen molar-refractivity contribution in [1.29, 1.82) is 0 Å². The summed E-state index contributed by atoms with van der Waals surface area (Å²) in [5.41, 5.74) is 0. The first-order valence-electron chi connectivity index (χ1n) is 5.13. The molecule has 1 aromatic rings. The van der Waals surface area contributed by atoms with E-state index < -0.39 is 40.6 Å². The standard InChI is InChI=1S/C8H13F3N4O3S/c1-5(2)15-6(3-18-4-8(9,10)11)13-14-7(15)19(12,16)17/h5H,3-4H2,1-2H3,(H2,12,16,17). The van der Waals surface area contributed by atoms with Crippen LogP contribution in [0.2, 0.25) is 0 Å². The first-order valence-corrected chi connectivity index (χ1v) is 6.68. The summed E-state index contributed by atoms with van der Waals surface area (Å²) in [6.45, 7) is 1.26. The maximum Gasteiger partial charge on any atom is 0.411 e. The highest BCUT2D eigenvalue weighted by molar-refractivity contribution is 7.89. The summed E-state index contributed by atoms with van der Waals surface area (Å²) in [5, 5.41) is 11.3. The second-order valence-corrected chi connectivity index (χ2v) is 5.47. The summed E-state index contributed by atoms with van der Waals surface area (Å²) in [6.07, 6.45) is -4.47. The lowest BCUT2D eigenvalue weighted by Crippen LogP contribution is -2.22. The Labute approximate surface area is 107 Å². The van der Waals surface area contributed by atoms with Crippen LogP contribution in [0.3, 0.4) is 0 Å². The number of aromatic nitrogens is 3. The van der Waals surface area contributed by atoms with Crippen LogP contribution in [0.1, 0.15) is 25.7 Å². The molecular formula is C8H13F3N4O3S. The minimum absolute atomic E-state index is 0.0386. The normalized spacial score (nSPS) is 13.2. The summed E-state index contributed by atoms with van der Waals surface area (Å²) >= 11 is 0. The van der Waals surface area contributed by atoms with E-state index >= 15 is 0 Å². The van der Waals surface area contributed by atoms with E-state index in [0.717, 1.165) is 4.57 Å². The van der Waals surface area contributed by atoms with Crippen LogP contribution in [0.4, 0.5) is 13.2 Å². The van der Waals surface area contributed by atoms with Crippen LogP contribution in [0.5, 0.6) is 0 Å². The molecule has 0 atom stereocenters. The van der Waals surface area contributed by atoms with E-state index in [9.17, 15) is 21.6 Å². The summed E-state index contributed by atoms with van der Waals surface area (Å²) in [4.78, 5) is 0. The van der Waals surface area contributed by atoms with Crippen molar-refractivity contribution in [3.63, 3.8) is 0 Å². The van der Waals surface area contributed by atoms with Crippen molar-refractivity contribution in [3.05, 3.63) is 5.82 Å². The smallest absolute Gasteiger partial charge is 0.364 e. The molecule has 11 heteroatoms. The Morgan fingerprint density at radius 2 is 1.95 bits per heavy atom. The number of ether oxygens (including phenoxy) is 1. The molecule has 0 aromatic carbocycles. The van der Waals surface area contributed by atoms with Gasteiger partial charge in [-0.15, -0.1) is 10.2 Å². The van der Waals surface area contributed by atoms with Gasteiger partial charge in [-0.2, -0.15) is 13.2 Å². The van der Waals surface area contributed by atoms with Crippen LogP contribution < -0.4 is 5.14 Å². The van der Waals surface area contributed by atoms with Crippen molar-refractivity contribution in [2.24, 2.45) is 5.14 Å². The van der Waals surface area contributed by atoms with Crippen LogP contribution in [0.15, 0.2) is 5.16 Å². The fourth-order valence-electron chi connectivity index (χ4n) is 1.38. The topological polar surface area (TPSA) is 100 Å². The first kappa shape index (κ1) is 15.9. The molecule has 1 rings (SSSR count). The van der Waals surface area contributed by atoms with Crippen molar-refractivity contribution < 1.29 is 26.3 Å². The van der Waals surface area contributed by atoms with Gasteiger partial charge >= 0.3 is 6.18 Å². The molecule has 1 aromatic heterocycles. The predicted octanol–water partition coefficient (Wildman–Crippen LogP) is 0.585. The lowest BCUT2D eigenvalue weighted by Gasteiger charge is -2.13. The third kappa shape index (κ3) is 4.44. The number of primary sulfonamides is 1. The second kappa shape index (κ2) is 5.43. The first-order chi connectivity index (χ1) is 8.52. The zero-order chi connectivity index (χ0) is 14.8. The van der Waals surface area contributed by atoms with Gasteiger partial charge in [-0.05, 0) is 13.8 Å². The van der Waals surface area contributed by atoms with Gasteiger partial charge in [0.2, 0.25) is 0 Å². The van der Waals surface area contributed by atoms with E-state index in [4.69, 9.17) is 5.14 Å². The van der Waals surface area contributed by atoms with Crippen molar-refractivity contribution in [3.8, 4) is 0 Å². The Hall–Kier alpha value is -1.20. The molecule has 0 bridgehead atoms. The molecular weight excluding hydrogens is 289 g/mol. The summed E-state index contributed by atoms with van der Waals surface area (Å²) in [7, 11) is -4.10. The molecule has 0 spiro atoms. The molecule has 0 saturated carbocycles. The van der Waals surface area contributed by atoms with Gasteiger partial charge in [-0.3, -0.25) is 4.57 Å². The molecule has 0 aliphatic heterocycles. The average Bonchev–Trinajstić information content (AvgIpc) is 2.58. The molecule has 0 aliphatic rings. The quantitative estimate of drug-likeness (QED) is 0.857. The highest BCUT2D eigenvalue weighted by Gasteiger charge is 2.28. The SMILES string of the molecule is CC(C)n1c(COCC(F)(F)F)nnc1S(N)(=O)=O. The van der Waals surface area contributed by atoms with Gasteiger partial charge < -0.3 is 4.74 Å². The number of halogens is 3. The van der Waals surface area contributed by atoms with Gasteiger partial charge in [0.1, 0.15) is 13.2 Å². The Kier molecular flexibility index (Phi) is 4.53. The lowest BCUT2D eigenvalue weighted by molar-refractivity contribution is -0.177. The summed E-state index contributed by atoms with van der Waals surface area (Å²) < 4.78 is 63.8. The van der Waals surface area contributed by atoms with E-state index in [1.165, 1.54) is 0 Å². The van der Waals surface area contributed by atoms with Crippen LogP contribution in [-0.2, 0) is 21.4 Å². The van der Waals surface area contributed by atoms with E-state index in [1.54, 1.807) is 13.8 Å². The van der Waals surface area contributed by atoms with E-state index in [0.29, 0.717) is 0 Å². The van der Waals surface area contributed by atoms with E-state index in [2.05, 4.69) is 14.9 Å². The highest BCUT2D eigenvalue weighted by Crippen LogP contribution is 2.18. The monoisotopic (exact) mass is 302 g/mol. The number of alkyl halides is 3. The zero-order valence-corrected chi connectivity index (χ0v) is 11.0. The van der Waals surface area contributed by atoms with Crippen LogP contribution in [-0.4, -0.2) is 36.0 Å². The maximum absolute atomic E-state index is 11.9. The molecule has 0 aliphatic carbocycles. The van der Waals surface area contributed by atoms with Crippen LogP contribution in [0.25, 0.3) is 0 Å². The Morgan fingerprint density at radius 1 is 1.37 bits per heavy atom. The van der Waals surface area contributed by atoms with E-state index in [1.807, 2.05) is 0 Å². The molecule has 110 valence electrons. The number of hydrogen-bond donors (Lipinski definition) is 1. The van der Waals surface area contributed by atoms with Gasteiger partial charge in [0, 0.05) is 6.04 Å². The number of hydrogen-bond acceptors (Lipinski definition) is 5. The molecule has 0 unspecified atom stereocenters. The number of nitrogens with two attached hydrogens (primary N) is 1. The fraction of sp³-hybridized carbons (Fsp3) is 0.750. The zero-order valence-electron chi connectivity index (χ0n) is 10.2. The molecule has 0 radical (unpaired) electrons. The molecule has 0 amide bonds. The fourth-order valence-corrected chi connectivity index (χ4v) is 2.12. The third-order valence-corrected chi connectivity index (χ3v) is 2.79. The lowest BCUT2D eigenvalue weighted by atomic mass is 10.4. The molecule has 19 heavy (non-hydrogen) atoms. The predicted molar refractivity (Wildman–Crippen MR) is 57.5 cm³/mol. The van der Waals surface area contributed by atoms with E-state index in [-0.39, 0.29) is 5.82 Å². The molecule has 2 N–H and O–H groups in total. The van der Waals surface area contributed by atoms with Crippen molar-refractivity contribution in [1.82, 2.24) is 14.8 Å². The van der Waals surface area contributed by atoms with Gasteiger partial charge in [0.05, 0.1) is 0 Å². The molecule has 1 heterocycles. The Balaban J connectivity index is 2.94. The third-order valence-electron chi connectivity index (χ3n) is 2.00. The van der Waals surface area contributed by atoms with Crippen LogP contribution >= 0.6 is 0 Å². The van der Waals surface area contributed by atoms with Gasteiger partial charge in [-0.25, -0.2) is 13.6 Å². The maximum atomic E-state index is 11.9. The van der Waals surface area contributed by atoms with Crippen LogP contribution in [0, 0.1) is 0 Å². The van der Waals surface area contributed by atoms with Crippen molar-refractivity contribution >= 4 is 10.0 Å². The second-order valence-electron chi connectivity index (χ2n) is 4.02. The summed E-state index contributed by atoms with van der Waals surface area (Å²) in [5.74, 6) is -0.0386. The average molecular weight is 302 g/mol. The number of sulfonamides is 1. The number of rotatable bonds is 5. The van der Waals surface area contributed by atoms with Gasteiger partial charge in [0.15, 0.2) is 5.82 Å². The Morgan fingerprint density at radius 3 is 2.37 bits per heavy atom. The minimum Gasteiger partial charge on any atom is -0.364 e. The largest absolute Gasteiger partial charge is 0.411 e. The Bertz CT molecular complexity index is 538. The minimum atomic E-state index is -4.47. The van der Waals surface area contributed by atoms with Gasteiger partial charge in [0.25, 0.3) is 15.2 Å². The summed E-state index contributed by atoms with van der Waals surface area (Å²) in [6, 6.07) is -0.396. The highest BCUT2D eigenvalue weighted by atomic mass is 32.2.